The summed E-state index contributed by atoms with van der Waals surface area (Å²) in [7, 11) is 0. The van der Waals surface area contributed by atoms with Gasteiger partial charge in [0.1, 0.15) is 0 Å². The maximum atomic E-state index is 6.23. The van der Waals surface area contributed by atoms with Crippen LogP contribution in [0.3, 0.4) is 0 Å². The normalized spacial score (nSPS) is 12.1. The van der Waals surface area contributed by atoms with Crippen molar-refractivity contribution in [1.82, 2.24) is 0 Å². The van der Waals surface area contributed by atoms with E-state index in [4.69, 9.17) is 5.73 Å². The fraction of sp³-hybridized carbons (Fsp3) is 0.875. The maximum absolute atomic E-state index is 6.23. The predicted molar refractivity (Wildman–Crippen MR) is 77.8 cm³/mol. The highest BCUT2D eigenvalue weighted by Crippen LogP contribution is 2.25. The summed E-state index contributed by atoms with van der Waals surface area (Å²) in [6, 6.07) is 0. The molecule has 0 unspecified atom stereocenters. The predicted octanol–water partition coefficient (Wildman–Crippen LogP) is 4.50. The number of hydrogen-bond donors (Lipinski definition) is 1. The molecule has 1 heteroatoms. The Hall–Kier alpha value is -0.480. The maximum Gasteiger partial charge on any atom is 0.0158 e. The van der Waals surface area contributed by atoms with Crippen LogP contribution in [0.2, 0.25) is 0 Å². The molecule has 0 aliphatic carbocycles. The molecule has 0 spiro atoms. The summed E-state index contributed by atoms with van der Waals surface area (Å²) in [6.45, 7) is 11.2. The van der Waals surface area contributed by atoms with Gasteiger partial charge in [-0.3, -0.25) is 0 Å². The summed E-state index contributed by atoms with van der Waals surface area (Å²) in [4.78, 5) is 0. The first-order valence-corrected chi connectivity index (χ1v) is 7.13. The number of nitrogens with two attached hydrogens (primary N) is 1. The van der Waals surface area contributed by atoms with Gasteiger partial charge in [-0.1, -0.05) is 41.0 Å². The molecular formula is C16H31N. The largest absolute Gasteiger partial charge is 0.325 e. The lowest BCUT2D eigenvalue weighted by Crippen LogP contribution is -2.37. The molecule has 17 heavy (non-hydrogen) atoms. The van der Waals surface area contributed by atoms with E-state index >= 15 is 0 Å². The third-order valence-electron chi connectivity index (χ3n) is 4.17. The van der Waals surface area contributed by atoms with Crippen molar-refractivity contribution in [2.24, 2.45) is 11.1 Å². The van der Waals surface area contributed by atoms with Crippen molar-refractivity contribution in [1.29, 1.82) is 0 Å². The third-order valence-corrected chi connectivity index (χ3v) is 4.17. The second-order valence-corrected chi connectivity index (χ2v) is 5.94. The average Bonchev–Trinajstić information content (AvgIpc) is 2.33. The summed E-state index contributed by atoms with van der Waals surface area (Å²) in [5.74, 6) is 6.57. The molecule has 0 radical (unpaired) electrons. The van der Waals surface area contributed by atoms with E-state index in [1.54, 1.807) is 0 Å². The van der Waals surface area contributed by atoms with E-state index in [0.29, 0.717) is 5.41 Å². The van der Waals surface area contributed by atoms with Gasteiger partial charge < -0.3 is 5.73 Å². The van der Waals surface area contributed by atoms with Crippen molar-refractivity contribution in [2.75, 3.05) is 0 Å². The van der Waals surface area contributed by atoms with Crippen LogP contribution in [0.4, 0.5) is 0 Å². The van der Waals surface area contributed by atoms with Gasteiger partial charge in [-0.05, 0) is 31.1 Å². The van der Waals surface area contributed by atoms with Crippen molar-refractivity contribution in [3.05, 3.63) is 0 Å². The second kappa shape index (κ2) is 7.77. The van der Waals surface area contributed by atoms with Gasteiger partial charge in [0.15, 0.2) is 0 Å². The average molecular weight is 237 g/mol. The Balaban J connectivity index is 3.84. The zero-order chi connectivity index (χ0) is 13.4. The lowest BCUT2D eigenvalue weighted by atomic mass is 9.85. The van der Waals surface area contributed by atoms with Crippen LogP contribution in [0.1, 0.15) is 79.6 Å². The van der Waals surface area contributed by atoms with E-state index in [1.165, 1.54) is 12.8 Å². The van der Waals surface area contributed by atoms with E-state index in [9.17, 15) is 0 Å². The smallest absolute Gasteiger partial charge is 0.0158 e. The summed E-state index contributed by atoms with van der Waals surface area (Å²) in [6.07, 6.45) is 7.53. The van der Waals surface area contributed by atoms with Gasteiger partial charge in [-0.25, -0.2) is 0 Å². The zero-order valence-electron chi connectivity index (χ0n) is 12.5. The Morgan fingerprint density at radius 3 is 1.71 bits per heavy atom. The van der Waals surface area contributed by atoms with Crippen molar-refractivity contribution in [2.45, 2.75) is 85.1 Å². The number of hydrogen-bond acceptors (Lipinski definition) is 1. The first-order chi connectivity index (χ1) is 7.89. The van der Waals surface area contributed by atoms with Crippen LogP contribution in [-0.4, -0.2) is 5.54 Å². The number of rotatable bonds is 7. The third kappa shape index (κ3) is 7.45. The lowest BCUT2D eigenvalue weighted by Gasteiger charge is -2.25. The van der Waals surface area contributed by atoms with Crippen LogP contribution in [0, 0.1) is 17.3 Å². The van der Waals surface area contributed by atoms with E-state index in [2.05, 4.69) is 46.5 Å². The Labute approximate surface area is 109 Å². The SMILES string of the molecule is CCC(C)(C)CCC#CCCC(N)(CC)CC. The minimum absolute atomic E-state index is 0.0113. The van der Waals surface area contributed by atoms with Crippen LogP contribution in [0.15, 0.2) is 0 Å². The molecule has 0 aliphatic rings. The van der Waals surface area contributed by atoms with E-state index in [1.807, 2.05) is 0 Å². The lowest BCUT2D eigenvalue weighted by molar-refractivity contribution is 0.327. The molecule has 0 atom stereocenters. The molecule has 0 saturated heterocycles. The highest BCUT2D eigenvalue weighted by atomic mass is 14.7. The molecular weight excluding hydrogens is 206 g/mol. The molecule has 0 rings (SSSR count). The van der Waals surface area contributed by atoms with Gasteiger partial charge in [0.05, 0.1) is 0 Å². The summed E-state index contributed by atoms with van der Waals surface area (Å²) >= 11 is 0. The zero-order valence-corrected chi connectivity index (χ0v) is 12.5. The topological polar surface area (TPSA) is 26.0 Å². The Morgan fingerprint density at radius 2 is 1.29 bits per heavy atom. The standard InChI is InChI=1S/C16H31N/c1-6-15(4,5)13-11-9-10-12-14-16(17,7-2)8-3/h6-8,11-14,17H2,1-5H3. The molecule has 0 saturated carbocycles. The molecule has 0 aromatic rings. The summed E-state index contributed by atoms with van der Waals surface area (Å²) < 4.78 is 0. The van der Waals surface area contributed by atoms with Gasteiger partial charge in [-0.2, -0.15) is 0 Å². The Morgan fingerprint density at radius 1 is 0.824 bits per heavy atom. The fourth-order valence-electron chi connectivity index (χ4n) is 1.67. The van der Waals surface area contributed by atoms with Gasteiger partial charge in [0.2, 0.25) is 0 Å². The van der Waals surface area contributed by atoms with E-state index in [-0.39, 0.29) is 5.54 Å². The molecule has 0 aliphatic heterocycles. The van der Waals surface area contributed by atoms with Crippen molar-refractivity contribution in [3.63, 3.8) is 0 Å². The molecule has 0 fully saturated rings. The van der Waals surface area contributed by atoms with Gasteiger partial charge in [0, 0.05) is 18.4 Å². The monoisotopic (exact) mass is 237 g/mol. The molecule has 0 heterocycles. The molecule has 1 nitrogen and oxygen atoms in total. The van der Waals surface area contributed by atoms with Crippen LogP contribution >= 0.6 is 0 Å². The van der Waals surface area contributed by atoms with E-state index in [0.717, 1.165) is 32.1 Å². The highest BCUT2D eigenvalue weighted by molar-refractivity contribution is 5.01. The van der Waals surface area contributed by atoms with Crippen LogP contribution in [0.25, 0.3) is 0 Å². The molecule has 0 aromatic carbocycles. The van der Waals surface area contributed by atoms with Crippen LogP contribution in [0.5, 0.6) is 0 Å². The van der Waals surface area contributed by atoms with Crippen LogP contribution < -0.4 is 5.73 Å². The molecule has 0 bridgehead atoms. The Bertz CT molecular complexity index is 250. The molecule has 0 aromatic heterocycles. The fourth-order valence-corrected chi connectivity index (χ4v) is 1.67. The minimum Gasteiger partial charge on any atom is -0.325 e. The van der Waals surface area contributed by atoms with E-state index < -0.39 is 0 Å². The molecule has 100 valence electrons. The van der Waals surface area contributed by atoms with Gasteiger partial charge in [0.25, 0.3) is 0 Å². The van der Waals surface area contributed by atoms with Gasteiger partial charge in [-0.15, -0.1) is 11.8 Å². The second-order valence-electron chi connectivity index (χ2n) is 5.94. The minimum atomic E-state index is 0.0113. The molecule has 2 N–H and O–H groups in total. The van der Waals surface area contributed by atoms with Crippen molar-refractivity contribution in [3.8, 4) is 11.8 Å². The Kier molecular flexibility index (Phi) is 7.55. The van der Waals surface area contributed by atoms with Crippen molar-refractivity contribution >= 4 is 0 Å². The quantitative estimate of drug-likeness (QED) is 0.648. The first-order valence-electron chi connectivity index (χ1n) is 7.13. The summed E-state index contributed by atoms with van der Waals surface area (Å²) in [5, 5.41) is 0. The molecule has 0 amide bonds. The van der Waals surface area contributed by atoms with Crippen LogP contribution in [-0.2, 0) is 0 Å². The first kappa shape index (κ1) is 16.5. The van der Waals surface area contributed by atoms with Crippen molar-refractivity contribution < 1.29 is 0 Å². The highest BCUT2D eigenvalue weighted by Gasteiger charge is 2.18. The van der Waals surface area contributed by atoms with Gasteiger partial charge >= 0.3 is 0 Å². The summed E-state index contributed by atoms with van der Waals surface area (Å²) in [5.41, 5.74) is 6.69.